The lowest BCUT2D eigenvalue weighted by Crippen LogP contribution is -2.34. The van der Waals surface area contributed by atoms with E-state index in [1.54, 1.807) is 6.07 Å². The van der Waals surface area contributed by atoms with Crippen LogP contribution >= 0.6 is 0 Å². The van der Waals surface area contributed by atoms with E-state index in [1.807, 2.05) is 7.05 Å². The van der Waals surface area contributed by atoms with E-state index in [0.717, 1.165) is 36.5 Å². The maximum atomic E-state index is 13.1. The van der Waals surface area contributed by atoms with Crippen molar-refractivity contribution in [3.8, 4) is 0 Å². The number of likely N-dealkylation sites (N-methyl/N-ethyl adjacent to an activating group) is 1. The van der Waals surface area contributed by atoms with Crippen LogP contribution in [0.4, 0.5) is 10.3 Å². The number of nitrogens with one attached hydrogen (secondary N) is 2. The number of nitrogens with zero attached hydrogens (tertiary/aromatic N) is 2. The molecule has 1 saturated heterocycles. The van der Waals surface area contributed by atoms with Crippen molar-refractivity contribution in [3.63, 3.8) is 0 Å². The van der Waals surface area contributed by atoms with Crippen LogP contribution in [0.5, 0.6) is 0 Å². The summed E-state index contributed by atoms with van der Waals surface area (Å²) in [6.45, 7) is 2.02. The fourth-order valence-electron chi connectivity index (χ4n) is 2.28. The van der Waals surface area contributed by atoms with Crippen LogP contribution in [0.25, 0.3) is 11.0 Å². The van der Waals surface area contributed by atoms with Gasteiger partial charge in [-0.25, -0.2) is 9.37 Å². The van der Waals surface area contributed by atoms with Gasteiger partial charge in [0.2, 0.25) is 5.95 Å². The van der Waals surface area contributed by atoms with E-state index < -0.39 is 0 Å². The summed E-state index contributed by atoms with van der Waals surface area (Å²) >= 11 is 0. The number of aromatic amines is 1. The van der Waals surface area contributed by atoms with Crippen molar-refractivity contribution in [3.05, 3.63) is 24.0 Å². The number of fused-ring (bicyclic) bond motifs is 1. The quantitative estimate of drug-likeness (QED) is 0.827. The summed E-state index contributed by atoms with van der Waals surface area (Å²) in [4.78, 5) is 9.76. The molecule has 1 fully saturated rings. The van der Waals surface area contributed by atoms with Gasteiger partial charge >= 0.3 is 0 Å². The zero-order valence-corrected chi connectivity index (χ0v) is 9.70. The largest absolute Gasteiger partial charge is 0.341 e. The van der Waals surface area contributed by atoms with Gasteiger partial charge in [0.1, 0.15) is 5.82 Å². The third kappa shape index (κ3) is 1.86. The molecule has 4 nitrogen and oxygen atoms in total. The van der Waals surface area contributed by atoms with E-state index in [0.29, 0.717) is 6.04 Å². The van der Waals surface area contributed by atoms with Crippen molar-refractivity contribution < 1.29 is 4.39 Å². The highest BCUT2D eigenvalue weighted by molar-refractivity contribution is 5.77. The van der Waals surface area contributed by atoms with Gasteiger partial charge in [0.25, 0.3) is 0 Å². The summed E-state index contributed by atoms with van der Waals surface area (Å²) in [6.07, 6.45) is 1.11. The first-order chi connectivity index (χ1) is 8.24. The van der Waals surface area contributed by atoms with Crippen molar-refractivity contribution >= 4 is 17.0 Å². The Labute approximate surface area is 98.8 Å². The lowest BCUT2D eigenvalue weighted by Gasteiger charge is -2.22. The van der Waals surface area contributed by atoms with Gasteiger partial charge in [0.15, 0.2) is 0 Å². The van der Waals surface area contributed by atoms with Crippen LogP contribution in [0.15, 0.2) is 18.2 Å². The molecule has 1 unspecified atom stereocenters. The molecule has 0 bridgehead atoms. The molecule has 2 N–H and O–H groups in total. The SMILES string of the molecule is CN(c1nc2ccc(F)cc2[nH]1)C1CCNC1. The number of imidazole rings is 1. The Morgan fingerprint density at radius 1 is 1.47 bits per heavy atom. The number of hydrogen-bond donors (Lipinski definition) is 2. The molecule has 1 aromatic heterocycles. The van der Waals surface area contributed by atoms with Crippen molar-refractivity contribution in [2.45, 2.75) is 12.5 Å². The molecule has 0 radical (unpaired) electrons. The second-order valence-corrected chi connectivity index (χ2v) is 4.48. The molecule has 1 aliphatic rings. The maximum Gasteiger partial charge on any atom is 0.203 e. The second kappa shape index (κ2) is 4.00. The van der Waals surface area contributed by atoms with Gasteiger partial charge < -0.3 is 15.2 Å². The minimum Gasteiger partial charge on any atom is -0.341 e. The number of halogens is 1. The number of aromatic nitrogens is 2. The van der Waals surface area contributed by atoms with Crippen LogP contribution in [0.1, 0.15) is 6.42 Å². The Hall–Kier alpha value is -1.62. The maximum absolute atomic E-state index is 13.1. The van der Waals surface area contributed by atoms with Crippen LogP contribution in [0.2, 0.25) is 0 Å². The van der Waals surface area contributed by atoms with Crippen LogP contribution in [-0.4, -0.2) is 36.1 Å². The van der Waals surface area contributed by atoms with Gasteiger partial charge in [0, 0.05) is 19.6 Å². The minimum absolute atomic E-state index is 0.238. The number of hydrogen-bond acceptors (Lipinski definition) is 3. The summed E-state index contributed by atoms with van der Waals surface area (Å²) in [5.41, 5.74) is 1.55. The summed E-state index contributed by atoms with van der Waals surface area (Å²) in [7, 11) is 2.02. The zero-order valence-electron chi connectivity index (χ0n) is 9.70. The normalized spacial score (nSPS) is 20.0. The molecule has 2 aromatic rings. The van der Waals surface area contributed by atoms with Crippen LogP contribution in [-0.2, 0) is 0 Å². The Morgan fingerprint density at radius 3 is 3.12 bits per heavy atom. The molecule has 0 aliphatic carbocycles. The molecular weight excluding hydrogens is 219 g/mol. The Bertz CT molecular complexity index is 530. The summed E-state index contributed by atoms with van der Waals surface area (Å²) in [5, 5.41) is 3.32. The molecule has 0 spiro atoms. The van der Waals surface area contributed by atoms with E-state index in [4.69, 9.17) is 0 Å². The summed E-state index contributed by atoms with van der Waals surface area (Å²) in [5.74, 6) is 0.567. The topological polar surface area (TPSA) is 44.0 Å². The van der Waals surface area contributed by atoms with E-state index in [2.05, 4.69) is 20.2 Å². The zero-order chi connectivity index (χ0) is 11.8. The molecule has 0 saturated carbocycles. The second-order valence-electron chi connectivity index (χ2n) is 4.48. The molecule has 1 aliphatic heterocycles. The number of H-pyrrole nitrogens is 1. The lowest BCUT2D eigenvalue weighted by atomic mass is 10.2. The predicted octanol–water partition coefficient (Wildman–Crippen LogP) is 1.50. The molecule has 0 amide bonds. The van der Waals surface area contributed by atoms with E-state index in [9.17, 15) is 4.39 Å². The lowest BCUT2D eigenvalue weighted by molar-refractivity contribution is 0.629. The molecule has 17 heavy (non-hydrogen) atoms. The van der Waals surface area contributed by atoms with Crippen molar-refractivity contribution in [1.82, 2.24) is 15.3 Å². The third-order valence-corrected chi connectivity index (χ3v) is 3.35. The van der Waals surface area contributed by atoms with Gasteiger partial charge in [0.05, 0.1) is 11.0 Å². The van der Waals surface area contributed by atoms with Gasteiger partial charge in [-0.15, -0.1) is 0 Å². The Kier molecular flexibility index (Phi) is 2.48. The standard InChI is InChI=1S/C12H15FN4/c1-17(9-4-5-14-7-9)12-15-10-3-2-8(13)6-11(10)16-12/h2-3,6,9,14H,4-5,7H2,1H3,(H,15,16). The monoisotopic (exact) mass is 234 g/mol. The van der Waals surface area contributed by atoms with Crippen LogP contribution < -0.4 is 10.2 Å². The Morgan fingerprint density at radius 2 is 2.35 bits per heavy atom. The highest BCUT2D eigenvalue weighted by Gasteiger charge is 2.21. The first-order valence-corrected chi connectivity index (χ1v) is 5.83. The van der Waals surface area contributed by atoms with Crippen molar-refractivity contribution in [2.75, 3.05) is 25.0 Å². The predicted molar refractivity (Wildman–Crippen MR) is 65.7 cm³/mol. The molecule has 3 rings (SSSR count). The summed E-state index contributed by atoms with van der Waals surface area (Å²) in [6, 6.07) is 5.07. The highest BCUT2D eigenvalue weighted by Crippen LogP contribution is 2.20. The first kappa shape index (κ1) is 10.5. The van der Waals surface area contributed by atoms with Crippen molar-refractivity contribution in [1.29, 1.82) is 0 Å². The number of anilines is 1. The molecule has 2 heterocycles. The molecule has 1 aromatic carbocycles. The number of rotatable bonds is 2. The van der Waals surface area contributed by atoms with Gasteiger partial charge in [-0.3, -0.25) is 0 Å². The molecular formula is C12H15FN4. The van der Waals surface area contributed by atoms with E-state index in [1.165, 1.54) is 12.1 Å². The average Bonchev–Trinajstić information content (AvgIpc) is 2.96. The fourth-order valence-corrected chi connectivity index (χ4v) is 2.28. The molecule has 1 atom stereocenters. The van der Waals surface area contributed by atoms with Crippen LogP contribution in [0.3, 0.4) is 0 Å². The molecule has 90 valence electrons. The Balaban J connectivity index is 1.94. The highest BCUT2D eigenvalue weighted by atomic mass is 19.1. The van der Waals surface area contributed by atoms with Gasteiger partial charge in [-0.2, -0.15) is 0 Å². The minimum atomic E-state index is -0.238. The fraction of sp³-hybridized carbons (Fsp3) is 0.417. The molecule has 5 heteroatoms. The smallest absolute Gasteiger partial charge is 0.203 e. The van der Waals surface area contributed by atoms with E-state index >= 15 is 0 Å². The van der Waals surface area contributed by atoms with Gasteiger partial charge in [-0.05, 0) is 31.2 Å². The number of benzene rings is 1. The average molecular weight is 234 g/mol. The van der Waals surface area contributed by atoms with Crippen molar-refractivity contribution in [2.24, 2.45) is 0 Å². The van der Waals surface area contributed by atoms with Crippen LogP contribution in [0, 0.1) is 5.82 Å². The summed E-state index contributed by atoms with van der Waals surface area (Å²) < 4.78 is 13.1. The first-order valence-electron chi connectivity index (χ1n) is 5.83. The van der Waals surface area contributed by atoms with Gasteiger partial charge in [-0.1, -0.05) is 0 Å². The van der Waals surface area contributed by atoms with E-state index in [-0.39, 0.29) is 5.82 Å². The third-order valence-electron chi connectivity index (χ3n) is 3.35.